The van der Waals surface area contributed by atoms with Gasteiger partial charge in [-0.2, -0.15) is 17.5 Å². The molecule has 2 aromatic carbocycles. The number of alkyl halides is 3. The number of aromatic nitrogens is 2. The summed E-state index contributed by atoms with van der Waals surface area (Å²) in [6, 6.07) is 17.5. The van der Waals surface area contributed by atoms with E-state index in [9.17, 15) is 21.6 Å². The fourth-order valence-electron chi connectivity index (χ4n) is 3.90. The molecule has 0 aliphatic carbocycles. The van der Waals surface area contributed by atoms with Crippen LogP contribution in [-0.2, 0) is 10.0 Å². The summed E-state index contributed by atoms with van der Waals surface area (Å²) in [5.74, 6) is 0.668. The zero-order valence-corrected chi connectivity index (χ0v) is 20.5. The molecular weight excluding hydrogens is 501 g/mol. The van der Waals surface area contributed by atoms with Crippen LogP contribution in [0.15, 0.2) is 65.8 Å². The second-order valence-electron chi connectivity index (χ2n) is 7.70. The van der Waals surface area contributed by atoms with Gasteiger partial charge in [-0.25, -0.2) is 13.4 Å². The predicted molar refractivity (Wildman–Crippen MR) is 131 cm³/mol. The molecule has 0 radical (unpaired) electrons. The van der Waals surface area contributed by atoms with Crippen molar-refractivity contribution in [3.05, 3.63) is 66.5 Å². The van der Waals surface area contributed by atoms with E-state index in [1.54, 1.807) is 12.1 Å². The topological polar surface area (TPSA) is 84.4 Å². The maximum atomic E-state index is 12.5. The molecule has 1 aromatic heterocycles. The minimum atomic E-state index is -3.69. The molecule has 12 heteroatoms. The highest BCUT2D eigenvalue weighted by Gasteiger charge is 2.29. The van der Waals surface area contributed by atoms with Gasteiger partial charge in [0.05, 0.1) is 11.5 Å². The molecule has 0 saturated carbocycles. The predicted octanol–water partition coefficient (Wildman–Crippen LogP) is 5.76. The molecule has 1 fully saturated rings. The Balaban J connectivity index is 0.000000350. The summed E-state index contributed by atoms with van der Waals surface area (Å²) in [5, 5.41) is 0.254. The fraction of sp³-hybridized carbons (Fsp3) is 0.391. The molecule has 3 heterocycles. The van der Waals surface area contributed by atoms with Crippen molar-refractivity contribution in [2.75, 3.05) is 24.4 Å². The first-order chi connectivity index (χ1) is 16.9. The third-order valence-electron chi connectivity index (χ3n) is 5.38. The largest absolute Gasteiger partial charge is 0.493 e. The lowest BCUT2D eigenvalue weighted by Gasteiger charge is -2.38. The smallest absolute Gasteiger partial charge is 0.379 e. The molecule has 0 bridgehead atoms. The number of ether oxygens (including phenoxy) is 1. The van der Waals surface area contributed by atoms with Gasteiger partial charge in [0.1, 0.15) is 12.1 Å². The van der Waals surface area contributed by atoms with Gasteiger partial charge in [0.15, 0.2) is 0 Å². The number of rotatable bonds is 4. The van der Waals surface area contributed by atoms with E-state index in [0.717, 1.165) is 36.6 Å². The minimum absolute atomic E-state index is 0. The third-order valence-corrected chi connectivity index (χ3v) is 7.43. The van der Waals surface area contributed by atoms with Crippen molar-refractivity contribution >= 4 is 26.7 Å². The Bertz CT molecular complexity index is 1090. The Hall–Kier alpha value is -2.70. The van der Waals surface area contributed by atoms with Gasteiger partial charge in [-0.05, 0) is 32.0 Å². The molecule has 3 aromatic rings. The summed E-state index contributed by atoms with van der Waals surface area (Å²) in [4.78, 5) is 6.55. The first kappa shape index (κ1) is 26.9. The summed E-state index contributed by atoms with van der Waals surface area (Å²) < 4.78 is 66.1. The zero-order valence-electron chi connectivity index (χ0n) is 18.9. The maximum absolute atomic E-state index is 12.5. The molecule has 2 aliphatic heterocycles. The van der Waals surface area contributed by atoms with Gasteiger partial charge in [-0.3, -0.25) is 9.62 Å². The number of likely N-dealkylation sites (tertiary alicyclic amines) is 1. The van der Waals surface area contributed by atoms with Crippen molar-refractivity contribution in [2.24, 2.45) is 0 Å². The highest BCUT2D eigenvalue weighted by molar-refractivity contribution is 7.93. The Morgan fingerprint density at radius 2 is 1.69 bits per heavy atom. The maximum Gasteiger partial charge on any atom is 0.379 e. The van der Waals surface area contributed by atoms with Crippen molar-refractivity contribution in [3.63, 3.8) is 0 Å². The van der Waals surface area contributed by atoms with Crippen molar-refractivity contribution in [1.29, 1.82) is 0 Å². The van der Waals surface area contributed by atoms with Crippen LogP contribution in [0.5, 0.6) is 5.75 Å². The van der Waals surface area contributed by atoms with Crippen molar-refractivity contribution in [3.8, 4) is 5.75 Å². The van der Waals surface area contributed by atoms with E-state index in [2.05, 4.69) is 19.0 Å². The molecular formula is C23H29F3N4O3S2. The molecule has 5 rings (SSSR count). The lowest BCUT2D eigenvalue weighted by atomic mass is 9.97. The van der Waals surface area contributed by atoms with E-state index in [4.69, 9.17) is 4.74 Å². The highest BCUT2D eigenvalue weighted by atomic mass is 32.2. The summed E-state index contributed by atoms with van der Waals surface area (Å²) in [6.07, 6.45) is 6.01. The first-order valence-corrected chi connectivity index (χ1v) is 13.3. The molecule has 1 N–H and O–H groups in total. The van der Waals surface area contributed by atoms with E-state index in [-0.39, 0.29) is 11.5 Å². The van der Waals surface area contributed by atoms with Crippen LogP contribution >= 0.6 is 11.5 Å². The SMILES string of the molecule is FC(F)F.O=S(=O)(Nc1ncns1)c1ccc2c(c1)OCC[C@@H]2N1CCCCC1.[HH].c1ccccc1. The van der Waals surface area contributed by atoms with E-state index in [1.165, 1.54) is 25.6 Å². The summed E-state index contributed by atoms with van der Waals surface area (Å²) in [6.45, 7) is -0.854. The molecule has 192 valence electrons. The molecule has 0 amide bonds. The Morgan fingerprint density at radius 3 is 2.26 bits per heavy atom. The Morgan fingerprint density at radius 1 is 1.06 bits per heavy atom. The Kier molecular flexibility index (Phi) is 10.3. The molecule has 7 nitrogen and oxygen atoms in total. The normalized spacial score (nSPS) is 17.7. The van der Waals surface area contributed by atoms with Gasteiger partial charge in [0.25, 0.3) is 10.0 Å². The van der Waals surface area contributed by atoms with Crippen LogP contribution in [0.3, 0.4) is 0 Å². The first-order valence-electron chi connectivity index (χ1n) is 11.1. The van der Waals surface area contributed by atoms with Crippen LogP contribution in [-0.4, -0.2) is 49.1 Å². The average Bonchev–Trinajstić information content (AvgIpc) is 3.37. The molecule has 2 aliphatic rings. The summed E-state index contributed by atoms with van der Waals surface area (Å²) >= 11 is 1.00. The third kappa shape index (κ3) is 8.48. The molecule has 35 heavy (non-hydrogen) atoms. The average molecular weight is 531 g/mol. The molecule has 1 saturated heterocycles. The second kappa shape index (κ2) is 13.4. The number of hydrogen-bond acceptors (Lipinski definition) is 7. The second-order valence-corrected chi connectivity index (χ2v) is 10.2. The van der Waals surface area contributed by atoms with Gasteiger partial charge in [0, 0.05) is 37.1 Å². The van der Waals surface area contributed by atoms with E-state index in [1.807, 2.05) is 42.5 Å². The number of sulfonamides is 1. The number of hydrogen-bond donors (Lipinski definition) is 1. The van der Waals surface area contributed by atoms with Crippen molar-refractivity contribution in [1.82, 2.24) is 14.3 Å². The standard InChI is InChI=1S/C16H20N4O3S2.C6H6.CHF3.H2/c21-25(22,19-16-17-11-18-24-16)12-4-5-13-14(6-9-23-15(13)10-12)20-7-2-1-3-8-20;1-2-4-6-5-3-1;2-1(3)4;/h4-5,10-11,14H,1-3,6-9H2,(H,17,18,19);1-6H;1H;1H/t14-;;;/m0.../s1. The van der Waals surface area contributed by atoms with Gasteiger partial charge in [0.2, 0.25) is 5.13 Å². The fourth-order valence-corrected chi connectivity index (χ4v) is 5.58. The molecule has 0 spiro atoms. The quantitative estimate of drug-likeness (QED) is 0.462. The summed E-state index contributed by atoms with van der Waals surface area (Å²) in [5.41, 5.74) is 1.09. The monoisotopic (exact) mass is 530 g/mol. The van der Waals surface area contributed by atoms with Crippen LogP contribution in [0.1, 0.15) is 38.7 Å². The Labute approximate surface area is 208 Å². The number of halogens is 3. The van der Waals surface area contributed by atoms with E-state index >= 15 is 0 Å². The molecule has 0 unspecified atom stereocenters. The van der Waals surface area contributed by atoms with Crippen LogP contribution in [0.25, 0.3) is 0 Å². The number of anilines is 1. The molecule has 1 atom stereocenters. The van der Waals surface area contributed by atoms with Crippen LogP contribution in [0.2, 0.25) is 0 Å². The number of piperidine rings is 1. The number of nitrogens with zero attached hydrogens (tertiary/aromatic N) is 3. The van der Waals surface area contributed by atoms with Gasteiger partial charge in [-0.1, -0.05) is 48.9 Å². The minimum Gasteiger partial charge on any atom is -0.493 e. The zero-order chi connectivity index (χ0) is 25.1. The summed E-state index contributed by atoms with van der Waals surface area (Å²) in [7, 11) is -3.69. The number of benzene rings is 2. The van der Waals surface area contributed by atoms with Gasteiger partial charge in [-0.15, -0.1) is 0 Å². The van der Waals surface area contributed by atoms with Crippen LogP contribution < -0.4 is 9.46 Å². The lowest BCUT2D eigenvalue weighted by molar-refractivity contribution is 0.00819. The van der Waals surface area contributed by atoms with Gasteiger partial charge >= 0.3 is 6.68 Å². The lowest BCUT2D eigenvalue weighted by Crippen LogP contribution is -2.36. The highest BCUT2D eigenvalue weighted by Crippen LogP contribution is 2.38. The van der Waals surface area contributed by atoms with E-state index in [0.29, 0.717) is 18.4 Å². The number of nitrogens with one attached hydrogen (secondary N) is 1. The van der Waals surface area contributed by atoms with Crippen LogP contribution in [0.4, 0.5) is 18.3 Å². The van der Waals surface area contributed by atoms with E-state index < -0.39 is 16.7 Å². The van der Waals surface area contributed by atoms with Crippen molar-refractivity contribution in [2.45, 2.75) is 43.3 Å². The van der Waals surface area contributed by atoms with Gasteiger partial charge < -0.3 is 4.74 Å². The van der Waals surface area contributed by atoms with Crippen LogP contribution in [0, 0.1) is 0 Å². The van der Waals surface area contributed by atoms with Crippen molar-refractivity contribution < 1.29 is 27.8 Å². The number of fused-ring (bicyclic) bond motifs is 1.